The van der Waals surface area contributed by atoms with Crippen molar-refractivity contribution >= 4 is 5.78 Å². The molecule has 0 aromatic rings. The molecule has 2 N–H and O–H groups in total. The zero-order valence-corrected chi connectivity index (χ0v) is 19.4. The van der Waals surface area contributed by atoms with Crippen molar-refractivity contribution in [2.24, 2.45) is 22.7 Å². The summed E-state index contributed by atoms with van der Waals surface area (Å²) in [7, 11) is 0. The lowest BCUT2D eigenvalue weighted by molar-refractivity contribution is -0.199. The van der Waals surface area contributed by atoms with Crippen LogP contribution in [-0.4, -0.2) is 33.0 Å². The summed E-state index contributed by atoms with van der Waals surface area (Å²) in [4.78, 5) is 11.7. The third-order valence-electron chi connectivity index (χ3n) is 7.24. The molecular weight excluding hydrogens is 352 g/mol. The number of fused-ring (bicyclic) bond motifs is 1. The first kappa shape index (κ1) is 23.3. The Balaban J connectivity index is 0.000000200. The molecule has 28 heavy (non-hydrogen) atoms. The molecular formula is C24H40O4. The van der Waals surface area contributed by atoms with E-state index in [9.17, 15) is 15.0 Å². The molecule has 4 nitrogen and oxygen atoms in total. The van der Waals surface area contributed by atoms with Crippen molar-refractivity contribution in [1.82, 2.24) is 0 Å². The van der Waals surface area contributed by atoms with E-state index in [-0.39, 0.29) is 34.1 Å². The molecule has 3 aliphatic rings. The summed E-state index contributed by atoms with van der Waals surface area (Å²) in [6.45, 7) is 20.2. The molecule has 0 aromatic carbocycles. The number of ketones is 1. The normalized spacial score (nSPS) is 35.1. The standard InChI is InChI=1S/2C12H20O2/c1-8-6-12(13)9(11(8,4)5)7-10(2,3)14-12;1-8-6-10(13)9(12(8,4)5)7-11(2,3)14/h6,9,13H,7H2,1-5H3;6,9,14H,7H2,1-5H3. The number of rotatable bonds is 2. The molecule has 4 heteroatoms. The monoisotopic (exact) mass is 392 g/mol. The predicted molar refractivity (Wildman–Crippen MR) is 113 cm³/mol. The highest BCUT2D eigenvalue weighted by Crippen LogP contribution is 2.57. The first-order valence-electron chi connectivity index (χ1n) is 10.4. The lowest BCUT2D eigenvalue weighted by atomic mass is 9.73. The first-order valence-corrected chi connectivity index (χ1v) is 10.4. The number of carbonyl (C=O) groups excluding carboxylic acids is 1. The van der Waals surface area contributed by atoms with Gasteiger partial charge in [0.1, 0.15) is 0 Å². The molecule has 0 bridgehead atoms. The average Bonchev–Trinajstić information content (AvgIpc) is 2.88. The Kier molecular flexibility index (Phi) is 5.65. The predicted octanol–water partition coefficient (Wildman–Crippen LogP) is 4.80. The zero-order chi connectivity index (χ0) is 21.9. The van der Waals surface area contributed by atoms with Crippen molar-refractivity contribution in [2.45, 2.75) is 99.1 Å². The van der Waals surface area contributed by atoms with Gasteiger partial charge in [0.25, 0.3) is 0 Å². The number of ether oxygens (including phenoxy) is 1. The van der Waals surface area contributed by atoms with Gasteiger partial charge in [0.2, 0.25) is 0 Å². The van der Waals surface area contributed by atoms with Crippen LogP contribution in [0.1, 0.15) is 82.1 Å². The number of allylic oxidation sites excluding steroid dienone is 3. The number of carbonyl (C=O) groups is 1. The van der Waals surface area contributed by atoms with Gasteiger partial charge < -0.3 is 14.9 Å². The van der Waals surface area contributed by atoms with Crippen LogP contribution in [0.3, 0.4) is 0 Å². The molecule has 0 saturated carbocycles. The summed E-state index contributed by atoms with van der Waals surface area (Å²) in [6, 6.07) is 0. The van der Waals surface area contributed by atoms with Crippen molar-refractivity contribution in [1.29, 1.82) is 0 Å². The molecule has 3 rings (SSSR count). The minimum Gasteiger partial charge on any atom is -0.390 e. The van der Waals surface area contributed by atoms with E-state index in [4.69, 9.17) is 4.74 Å². The summed E-state index contributed by atoms with van der Waals surface area (Å²) in [5.41, 5.74) is 1.35. The second kappa shape index (κ2) is 6.78. The molecule has 0 spiro atoms. The van der Waals surface area contributed by atoms with E-state index in [0.29, 0.717) is 6.42 Å². The molecule has 1 aliphatic heterocycles. The molecule has 1 saturated heterocycles. The van der Waals surface area contributed by atoms with Crippen LogP contribution < -0.4 is 0 Å². The van der Waals surface area contributed by atoms with Crippen LogP contribution in [0.15, 0.2) is 23.3 Å². The lowest BCUT2D eigenvalue weighted by Gasteiger charge is -2.32. The average molecular weight is 393 g/mol. The van der Waals surface area contributed by atoms with Gasteiger partial charge in [-0.05, 0) is 77.4 Å². The molecule has 0 aromatic heterocycles. The van der Waals surface area contributed by atoms with Crippen LogP contribution in [0.25, 0.3) is 0 Å². The second-order valence-electron chi connectivity index (χ2n) is 11.4. The van der Waals surface area contributed by atoms with Gasteiger partial charge in [-0.2, -0.15) is 0 Å². The Morgan fingerprint density at radius 3 is 2.00 bits per heavy atom. The molecule has 1 heterocycles. The van der Waals surface area contributed by atoms with Crippen LogP contribution in [0.2, 0.25) is 0 Å². The van der Waals surface area contributed by atoms with Gasteiger partial charge in [-0.1, -0.05) is 38.8 Å². The second-order valence-corrected chi connectivity index (χ2v) is 11.4. The van der Waals surface area contributed by atoms with E-state index in [0.717, 1.165) is 12.0 Å². The van der Waals surface area contributed by atoms with Crippen LogP contribution in [-0.2, 0) is 9.53 Å². The summed E-state index contributed by atoms with van der Waals surface area (Å²) < 4.78 is 5.75. The van der Waals surface area contributed by atoms with Gasteiger partial charge in [0.15, 0.2) is 11.6 Å². The van der Waals surface area contributed by atoms with E-state index in [1.807, 2.05) is 26.8 Å². The maximum Gasteiger partial charge on any atom is 0.189 e. The van der Waals surface area contributed by atoms with E-state index in [2.05, 4.69) is 34.6 Å². The highest BCUT2D eigenvalue weighted by molar-refractivity contribution is 5.96. The highest BCUT2D eigenvalue weighted by Gasteiger charge is 2.59. The quantitative estimate of drug-likeness (QED) is 0.663. The maximum atomic E-state index is 11.7. The van der Waals surface area contributed by atoms with Crippen molar-refractivity contribution in [3.05, 3.63) is 23.3 Å². The third kappa shape index (κ3) is 4.29. The summed E-state index contributed by atoms with van der Waals surface area (Å²) in [6.07, 6.45) is 5.07. The van der Waals surface area contributed by atoms with Gasteiger partial charge >= 0.3 is 0 Å². The molecule has 0 amide bonds. The van der Waals surface area contributed by atoms with Crippen LogP contribution in [0.5, 0.6) is 0 Å². The van der Waals surface area contributed by atoms with E-state index < -0.39 is 11.4 Å². The maximum absolute atomic E-state index is 11.7. The Hall–Kier alpha value is -0.970. The number of hydrogen-bond acceptors (Lipinski definition) is 4. The fraction of sp³-hybridized carbons (Fsp3) is 0.792. The smallest absolute Gasteiger partial charge is 0.189 e. The fourth-order valence-electron chi connectivity index (χ4n) is 4.85. The summed E-state index contributed by atoms with van der Waals surface area (Å²) >= 11 is 0. The van der Waals surface area contributed by atoms with Gasteiger partial charge in [-0.25, -0.2) is 0 Å². The third-order valence-corrected chi connectivity index (χ3v) is 7.24. The topological polar surface area (TPSA) is 66.8 Å². The summed E-state index contributed by atoms with van der Waals surface area (Å²) in [5, 5.41) is 20.1. The van der Waals surface area contributed by atoms with Crippen LogP contribution >= 0.6 is 0 Å². The molecule has 3 unspecified atom stereocenters. The van der Waals surface area contributed by atoms with Crippen molar-refractivity contribution in [2.75, 3.05) is 0 Å². The number of aliphatic hydroxyl groups is 2. The Bertz CT molecular complexity index is 703. The minimum atomic E-state index is -1.02. The Labute approximate surface area is 171 Å². The first-order chi connectivity index (χ1) is 12.3. The van der Waals surface area contributed by atoms with E-state index >= 15 is 0 Å². The SMILES string of the molecule is CC1=CC(=O)C(CC(C)(C)O)C1(C)C.CC1=CC2(O)OC(C)(C)CC2C1(C)C. The van der Waals surface area contributed by atoms with Gasteiger partial charge in [-0.3, -0.25) is 4.79 Å². The fourth-order valence-corrected chi connectivity index (χ4v) is 4.85. The van der Waals surface area contributed by atoms with E-state index in [1.165, 1.54) is 5.57 Å². The highest BCUT2D eigenvalue weighted by atomic mass is 16.6. The largest absolute Gasteiger partial charge is 0.390 e. The Morgan fingerprint density at radius 1 is 1.07 bits per heavy atom. The molecule has 1 fully saturated rings. The van der Waals surface area contributed by atoms with Crippen molar-refractivity contribution in [3.63, 3.8) is 0 Å². The van der Waals surface area contributed by atoms with Crippen molar-refractivity contribution < 1.29 is 19.7 Å². The van der Waals surface area contributed by atoms with Gasteiger partial charge in [-0.15, -0.1) is 0 Å². The number of hydrogen-bond donors (Lipinski definition) is 2. The van der Waals surface area contributed by atoms with Gasteiger partial charge in [0.05, 0.1) is 11.2 Å². The van der Waals surface area contributed by atoms with E-state index in [1.54, 1.807) is 19.9 Å². The zero-order valence-electron chi connectivity index (χ0n) is 19.4. The Morgan fingerprint density at radius 2 is 1.61 bits per heavy atom. The van der Waals surface area contributed by atoms with Crippen LogP contribution in [0.4, 0.5) is 0 Å². The lowest BCUT2D eigenvalue weighted by Crippen LogP contribution is -2.35. The molecule has 0 radical (unpaired) electrons. The summed E-state index contributed by atoms with van der Waals surface area (Å²) in [5.74, 6) is -0.723. The molecule has 3 atom stereocenters. The van der Waals surface area contributed by atoms with Crippen molar-refractivity contribution in [3.8, 4) is 0 Å². The minimum absolute atomic E-state index is 0.0581. The molecule has 160 valence electrons. The molecule has 2 aliphatic carbocycles. The van der Waals surface area contributed by atoms with Crippen LogP contribution in [0, 0.1) is 22.7 Å². The van der Waals surface area contributed by atoms with Gasteiger partial charge in [0, 0.05) is 11.8 Å².